The van der Waals surface area contributed by atoms with Gasteiger partial charge in [-0.15, -0.1) is 0 Å². The van der Waals surface area contributed by atoms with E-state index in [2.05, 4.69) is 11.8 Å². The summed E-state index contributed by atoms with van der Waals surface area (Å²) in [6, 6.07) is 7.56. The van der Waals surface area contributed by atoms with Gasteiger partial charge in [-0.05, 0) is 49.9 Å². The van der Waals surface area contributed by atoms with Crippen LogP contribution in [0.3, 0.4) is 0 Å². The molecule has 2 atom stereocenters. The third kappa shape index (κ3) is 3.61. The van der Waals surface area contributed by atoms with Crippen molar-refractivity contribution in [3.8, 4) is 5.75 Å². The molecule has 3 rings (SSSR count). The lowest BCUT2D eigenvalue weighted by atomic mass is 9.90. The van der Waals surface area contributed by atoms with Crippen molar-refractivity contribution in [1.29, 1.82) is 0 Å². The largest absolute Gasteiger partial charge is 0.491 e. The maximum Gasteiger partial charge on any atom is 0.166 e. The number of ether oxygens (including phenoxy) is 2. The second-order valence-electron chi connectivity index (χ2n) is 5.86. The quantitative estimate of drug-likeness (QED) is 0.594. The molecule has 1 aromatic carbocycles. The Morgan fingerprint density at radius 2 is 1.81 bits per heavy atom. The molecule has 2 unspecified atom stereocenters. The highest BCUT2D eigenvalue weighted by Gasteiger charge is 2.37. The highest BCUT2D eigenvalue weighted by atomic mass is 32.2. The van der Waals surface area contributed by atoms with Gasteiger partial charge in [0, 0.05) is 29.1 Å². The smallest absolute Gasteiger partial charge is 0.166 e. The fourth-order valence-corrected chi connectivity index (χ4v) is 5.04. The van der Waals surface area contributed by atoms with Crippen molar-refractivity contribution in [3.63, 3.8) is 0 Å². The number of hydrogen-bond acceptors (Lipinski definition) is 4. The fraction of sp³-hybridized carbons (Fsp3) is 0.588. The van der Waals surface area contributed by atoms with Crippen LogP contribution in [0.5, 0.6) is 5.75 Å². The number of benzene rings is 1. The number of carbonyl (C=O) groups is 1. The molecule has 2 aliphatic rings. The highest BCUT2D eigenvalue weighted by Crippen LogP contribution is 2.46. The third-order valence-corrected chi connectivity index (χ3v) is 5.98. The van der Waals surface area contributed by atoms with Crippen molar-refractivity contribution >= 4 is 17.5 Å². The van der Waals surface area contributed by atoms with E-state index in [0.29, 0.717) is 29.5 Å². The zero-order valence-electron chi connectivity index (χ0n) is 12.4. The molecule has 2 heterocycles. The third-order valence-electron chi connectivity index (χ3n) is 4.36. The average molecular weight is 306 g/mol. The molecular formula is C17H22O3S. The van der Waals surface area contributed by atoms with E-state index in [1.165, 1.54) is 12.8 Å². The van der Waals surface area contributed by atoms with Crippen molar-refractivity contribution in [1.82, 2.24) is 0 Å². The molecule has 114 valence electrons. The van der Waals surface area contributed by atoms with Crippen LogP contribution in [-0.4, -0.2) is 36.6 Å². The number of rotatable bonds is 6. The number of Topliss-reactive ketones (excluding diaryl/α,β-unsaturated/α-hetero) is 1. The molecule has 0 saturated carbocycles. The normalized spacial score (nSPS) is 27.6. The Kier molecular flexibility index (Phi) is 4.86. The monoisotopic (exact) mass is 306 g/mol. The summed E-state index contributed by atoms with van der Waals surface area (Å²) in [7, 11) is 1.65. The van der Waals surface area contributed by atoms with E-state index in [9.17, 15) is 4.79 Å². The van der Waals surface area contributed by atoms with Gasteiger partial charge >= 0.3 is 0 Å². The van der Waals surface area contributed by atoms with Gasteiger partial charge in [0.15, 0.2) is 5.78 Å². The van der Waals surface area contributed by atoms with Crippen LogP contribution in [0.4, 0.5) is 0 Å². The summed E-state index contributed by atoms with van der Waals surface area (Å²) in [5.41, 5.74) is 0.824. The molecule has 2 fully saturated rings. The second kappa shape index (κ2) is 6.84. The van der Waals surface area contributed by atoms with E-state index in [0.717, 1.165) is 24.2 Å². The zero-order valence-corrected chi connectivity index (χ0v) is 13.2. The number of methoxy groups -OCH3 is 1. The molecule has 3 nitrogen and oxygen atoms in total. The van der Waals surface area contributed by atoms with Gasteiger partial charge in [-0.3, -0.25) is 4.79 Å². The van der Waals surface area contributed by atoms with Crippen LogP contribution >= 0.6 is 11.8 Å². The SMILES string of the molecule is COCCOc1ccc(C(=O)C2CC3CCC(C2)S3)cc1. The van der Waals surface area contributed by atoms with Crippen molar-refractivity contribution < 1.29 is 14.3 Å². The number of thioether (sulfide) groups is 1. The van der Waals surface area contributed by atoms with Crippen molar-refractivity contribution in [2.75, 3.05) is 20.3 Å². The average Bonchev–Trinajstić information content (AvgIpc) is 2.86. The number of ketones is 1. The predicted octanol–water partition coefficient (Wildman–Crippen LogP) is 3.57. The van der Waals surface area contributed by atoms with Gasteiger partial charge < -0.3 is 9.47 Å². The maximum absolute atomic E-state index is 12.6. The molecule has 0 amide bonds. The lowest BCUT2D eigenvalue weighted by molar-refractivity contribution is 0.0907. The number of hydrogen-bond donors (Lipinski definition) is 0. The Morgan fingerprint density at radius 1 is 1.14 bits per heavy atom. The molecule has 2 saturated heterocycles. The molecule has 0 aromatic heterocycles. The summed E-state index contributed by atoms with van der Waals surface area (Å²) < 4.78 is 10.5. The first-order valence-electron chi connectivity index (χ1n) is 7.67. The fourth-order valence-electron chi connectivity index (χ4n) is 3.27. The van der Waals surface area contributed by atoms with Gasteiger partial charge in [0.2, 0.25) is 0 Å². The predicted molar refractivity (Wildman–Crippen MR) is 85.3 cm³/mol. The Labute approximate surface area is 130 Å². The van der Waals surface area contributed by atoms with E-state index < -0.39 is 0 Å². The highest BCUT2D eigenvalue weighted by molar-refractivity contribution is 8.00. The van der Waals surface area contributed by atoms with Gasteiger partial charge in [-0.2, -0.15) is 11.8 Å². The minimum atomic E-state index is 0.226. The maximum atomic E-state index is 12.6. The molecule has 0 N–H and O–H groups in total. The van der Waals surface area contributed by atoms with E-state index in [4.69, 9.17) is 9.47 Å². The van der Waals surface area contributed by atoms with Crippen molar-refractivity contribution in [3.05, 3.63) is 29.8 Å². The second-order valence-corrected chi connectivity index (χ2v) is 7.46. The van der Waals surface area contributed by atoms with Gasteiger partial charge in [-0.25, -0.2) is 0 Å². The van der Waals surface area contributed by atoms with Crippen LogP contribution in [0.15, 0.2) is 24.3 Å². The van der Waals surface area contributed by atoms with Crippen molar-refractivity contribution in [2.24, 2.45) is 5.92 Å². The van der Waals surface area contributed by atoms with Crippen LogP contribution < -0.4 is 4.74 Å². The summed E-state index contributed by atoms with van der Waals surface area (Å²) in [4.78, 5) is 12.6. The number of carbonyl (C=O) groups excluding carboxylic acids is 1. The van der Waals surface area contributed by atoms with Crippen LogP contribution in [0.25, 0.3) is 0 Å². The van der Waals surface area contributed by atoms with Gasteiger partial charge in [0.25, 0.3) is 0 Å². The Hall–Kier alpha value is -1.00. The van der Waals surface area contributed by atoms with E-state index >= 15 is 0 Å². The van der Waals surface area contributed by atoms with Crippen LogP contribution in [0, 0.1) is 5.92 Å². The minimum absolute atomic E-state index is 0.226. The molecule has 0 spiro atoms. The van der Waals surface area contributed by atoms with Gasteiger partial charge in [0.05, 0.1) is 6.61 Å². The van der Waals surface area contributed by atoms with E-state index in [1.54, 1.807) is 7.11 Å². The first-order valence-corrected chi connectivity index (χ1v) is 8.62. The zero-order chi connectivity index (χ0) is 14.7. The molecule has 1 aromatic rings. The van der Waals surface area contributed by atoms with Crippen molar-refractivity contribution in [2.45, 2.75) is 36.2 Å². The standard InChI is InChI=1S/C17H22O3S/c1-19-8-9-20-14-4-2-12(3-5-14)17(18)13-10-15-6-7-16(11-13)21-15/h2-5,13,15-16H,6-11H2,1H3. The summed E-state index contributed by atoms with van der Waals surface area (Å²) in [6.45, 7) is 1.11. The topological polar surface area (TPSA) is 35.5 Å². The lowest BCUT2D eigenvalue weighted by Crippen LogP contribution is -2.24. The van der Waals surface area contributed by atoms with Gasteiger partial charge in [0.1, 0.15) is 12.4 Å². The first kappa shape index (κ1) is 14.9. The van der Waals surface area contributed by atoms with E-state index in [-0.39, 0.29) is 5.92 Å². The molecule has 21 heavy (non-hydrogen) atoms. The molecule has 2 bridgehead atoms. The minimum Gasteiger partial charge on any atom is -0.491 e. The lowest BCUT2D eigenvalue weighted by Gasteiger charge is -2.26. The molecule has 4 heteroatoms. The van der Waals surface area contributed by atoms with Gasteiger partial charge in [-0.1, -0.05) is 0 Å². The molecular weight excluding hydrogens is 284 g/mol. The summed E-state index contributed by atoms with van der Waals surface area (Å²) in [6.07, 6.45) is 4.72. The summed E-state index contributed by atoms with van der Waals surface area (Å²) in [5, 5.41) is 1.43. The van der Waals surface area contributed by atoms with E-state index in [1.807, 2.05) is 24.3 Å². The van der Waals surface area contributed by atoms with Crippen LogP contribution in [-0.2, 0) is 4.74 Å². The Morgan fingerprint density at radius 3 is 2.43 bits per heavy atom. The number of fused-ring (bicyclic) bond motifs is 2. The summed E-state index contributed by atoms with van der Waals surface area (Å²) in [5.74, 6) is 1.34. The molecule has 2 aliphatic heterocycles. The van der Waals surface area contributed by atoms with Crippen LogP contribution in [0.1, 0.15) is 36.0 Å². The summed E-state index contributed by atoms with van der Waals surface area (Å²) >= 11 is 2.10. The Bertz CT molecular complexity index is 473. The Balaban J connectivity index is 1.59. The first-order chi connectivity index (χ1) is 10.3. The molecule has 0 aliphatic carbocycles. The van der Waals surface area contributed by atoms with Crippen LogP contribution in [0.2, 0.25) is 0 Å². The molecule has 0 radical (unpaired) electrons.